The van der Waals surface area contributed by atoms with Gasteiger partial charge in [0.2, 0.25) is 5.91 Å². The molecule has 1 aromatic heterocycles. The Balaban J connectivity index is 1.66. The van der Waals surface area contributed by atoms with E-state index in [0.717, 1.165) is 6.07 Å². The van der Waals surface area contributed by atoms with Crippen molar-refractivity contribution in [3.05, 3.63) is 53.2 Å². The summed E-state index contributed by atoms with van der Waals surface area (Å²) in [5, 5.41) is -0.0899. The summed E-state index contributed by atoms with van der Waals surface area (Å²) in [5.41, 5.74) is 2.01. The Bertz CT molecular complexity index is 1030. The number of anilines is 2. The molecule has 3 amide bonds. The van der Waals surface area contributed by atoms with E-state index < -0.39 is 40.5 Å². The molecule has 2 aromatic rings. The average Bonchev–Trinajstić information content (AvgIpc) is 2.94. The number of amides is 3. The topological polar surface area (TPSA) is 82.6 Å². The lowest BCUT2D eigenvalue weighted by molar-refractivity contribution is -0.139. The molecule has 2 heterocycles. The normalized spacial score (nSPS) is 18.8. The highest BCUT2D eigenvalue weighted by atomic mass is 35.5. The summed E-state index contributed by atoms with van der Waals surface area (Å²) in [5.74, 6) is -3.02. The van der Waals surface area contributed by atoms with Gasteiger partial charge in [-0.3, -0.25) is 19.8 Å². The first kappa shape index (κ1) is 23.5. The fraction of sp³-hybridized carbons (Fsp3) is 0.333. The number of para-hydroxylation sites is 1. The number of aromatic nitrogens is 1. The van der Waals surface area contributed by atoms with Crippen molar-refractivity contribution in [2.24, 2.45) is 11.8 Å². The molecule has 0 saturated carbocycles. The minimum atomic E-state index is -4.68. The second kappa shape index (κ2) is 9.15. The van der Waals surface area contributed by atoms with Gasteiger partial charge in [0.15, 0.2) is 0 Å². The fourth-order valence-corrected chi connectivity index (χ4v) is 3.67. The highest BCUT2D eigenvalue weighted by Gasteiger charge is 2.45. The Labute approximate surface area is 187 Å². The lowest BCUT2D eigenvalue weighted by atomic mass is 9.92. The van der Waals surface area contributed by atoms with Gasteiger partial charge in [0.05, 0.1) is 11.5 Å². The molecule has 32 heavy (non-hydrogen) atoms. The Morgan fingerprint density at radius 3 is 2.41 bits per heavy atom. The number of hydrazine groups is 1. The molecule has 2 atom stereocenters. The van der Waals surface area contributed by atoms with Crippen LogP contribution in [0, 0.1) is 11.8 Å². The van der Waals surface area contributed by atoms with Crippen LogP contribution in [0.5, 0.6) is 0 Å². The van der Waals surface area contributed by atoms with Gasteiger partial charge in [-0.05, 0) is 30.7 Å². The molecule has 0 bridgehead atoms. The third-order valence-electron chi connectivity index (χ3n) is 5.32. The van der Waals surface area contributed by atoms with Crippen LogP contribution in [-0.2, 0) is 20.6 Å². The molecular weight excluding hydrogens is 449 g/mol. The van der Waals surface area contributed by atoms with Crippen molar-refractivity contribution in [2.75, 3.05) is 17.4 Å². The number of halogens is 4. The van der Waals surface area contributed by atoms with Crippen molar-refractivity contribution < 1.29 is 27.6 Å². The number of nitrogens with one attached hydrogen (secondary N) is 1. The smallest absolute Gasteiger partial charge is 0.316 e. The average molecular weight is 469 g/mol. The van der Waals surface area contributed by atoms with Gasteiger partial charge >= 0.3 is 6.18 Å². The number of hydrogen-bond donors (Lipinski definition) is 1. The zero-order chi connectivity index (χ0) is 23.6. The summed E-state index contributed by atoms with van der Waals surface area (Å²) in [6, 6.07) is 10.7. The van der Waals surface area contributed by atoms with E-state index in [0.29, 0.717) is 16.8 Å². The van der Waals surface area contributed by atoms with Crippen LogP contribution in [0.3, 0.4) is 0 Å². The van der Waals surface area contributed by atoms with E-state index in [2.05, 4.69) is 10.4 Å². The minimum absolute atomic E-state index is 0.0393. The van der Waals surface area contributed by atoms with Gasteiger partial charge in [0.1, 0.15) is 11.0 Å². The zero-order valence-corrected chi connectivity index (χ0v) is 17.9. The van der Waals surface area contributed by atoms with Gasteiger partial charge < -0.3 is 4.90 Å². The summed E-state index contributed by atoms with van der Waals surface area (Å²) < 4.78 is 38.5. The summed E-state index contributed by atoms with van der Waals surface area (Å²) in [7, 11) is 1.62. The van der Waals surface area contributed by atoms with Crippen molar-refractivity contribution in [3.8, 4) is 0 Å². The first-order valence-corrected chi connectivity index (χ1v) is 10.1. The molecule has 2 unspecified atom stereocenters. The van der Waals surface area contributed by atoms with Gasteiger partial charge in [-0.1, -0.05) is 36.7 Å². The molecule has 1 aliphatic heterocycles. The third-order valence-corrected chi connectivity index (χ3v) is 5.61. The Morgan fingerprint density at radius 2 is 1.81 bits per heavy atom. The van der Waals surface area contributed by atoms with E-state index in [9.17, 15) is 27.6 Å². The van der Waals surface area contributed by atoms with E-state index in [1.165, 1.54) is 4.90 Å². The van der Waals surface area contributed by atoms with Crippen LogP contribution in [0.4, 0.5) is 24.7 Å². The molecule has 0 spiro atoms. The van der Waals surface area contributed by atoms with Crippen LogP contribution < -0.4 is 10.3 Å². The lowest BCUT2D eigenvalue weighted by Gasteiger charge is -2.19. The molecule has 1 aromatic carbocycles. The number of nitrogens with zero attached hydrogens (tertiary/aromatic N) is 3. The van der Waals surface area contributed by atoms with E-state index >= 15 is 0 Å². The van der Waals surface area contributed by atoms with E-state index in [1.54, 1.807) is 38.2 Å². The highest BCUT2D eigenvalue weighted by molar-refractivity contribution is 6.30. The predicted molar refractivity (Wildman–Crippen MR) is 111 cm³/mol. The summed E-state index contributed by atoms with van der Waals surface area (Å²) in [4.78, 5) is 42.9. The number of hydrogen-bond acceptors (Lipinski definition) is 5. The van der Waals surface area contributed by atoms with Gasteiger partial charge in [-0.2, -0.15) is 18.2 Å². The Hall–Kier alpha value is -3.14. The standard InChI is InChI=1S/C21H20ClF3N4O3/c1-12-14(8-11-17(30)28(2)13-6-4-3-5-7-13)20(32)29(19(12)31)27-16-10-9-15(18(22)26-16)21(23,24)25/h3-7,9-10,12,14H,8,11H2,1-2H3,(H,26,27). The molecule has 0 radical (unpaired) electrons. The van der Waals surface area contributed by atoms with Gasteiger partial charge in [0, 0.05) is 25.1 Å². The summed E-state index contributed by atoms with van der Waals surface area (Å²) in [6.45, 7) is 1.56. The van der Waals surface area contributed by atoms with Crippen LogP contribution >= 0.6 is 11.6 Å². The van der Waals surface area contributed by atoms with E-state index in [1.807, 2.05) is 6.07 Å². The number of pyridine rings is 1. The molecule has 7 nitrogen and oxygen atoms in total. The van der Waals surface area contributed by atoms with Gasteiger partial charge in [-0.15, -0.1) is 0 Å². The molecule has 1 aliphatic rings. The first-order valence-electron chi connectivity index (χ1n) is 9.70. The Kier molecular flexibility index (Phi) is 6.73. The molecule has 1 N–H and O–H groups in total. The molecule has 1 fully saturated rings. The Morgan fingerprint density at radius 1 is 1.16 bits per heavy atom. The summed E-state index contributed by atoms with van der Waals surface area (Å²) >= 11 is 5.59. The molecule has 0 aliphatic carbocycles. The SMILES string of the molecule is CC1C(=O)N(Nc2ccc(C(F)(F)F)c(Cl)n2)C(=O)C1CCC(=O)N(C)c1ccccc1. The van der Waals surface area contributed by atoms with E-state index in [4.69, 9.17) is 11.6 Å². The zero-order valence-electron chi connectivity index (χ0n) is 17.2. The number of imide groups is 1. The lowest BCUT2D eigenvalue weighted by Crippen LogP contribution is -2.37. The van der Waals surface area contributed by atoms with Crippen molar-refractivity contribution in [1.29, 1.82) is 0 Å². The number of carbonyl (C=O) groups is 3. The number of alkyl halides is 3. The molecule has 3 rings (SSSR count). The molecule has 11 heteroatoms. The van der Waals surface area contributed by atoms with Crippen molar-refractivity contribution in [3.63, 3.8) is 0 Å². The van der Waals surface area contributed by atoms with Gasteiger partial charge in [0.25, 0.3) is 11.8 Å². The van der Waals surface area contributed by atoms with Crippen molar-refractivity contribution >= 4 is 40.8 Å². The number of rotatable bonds is 6. The first-order chi connectivity index (χ1) is 15.0. The second-order valence-electron chi connectivity index (χ2n) is 7.38. The number of carbonyl (C=O) groups excluding carboxylic acids is 3. The van der Waals surface area contributed by atoms with Crippen molar-refractivity contribution in [2.45, 2.75) is 25.9 Å². The maximum Gasteiger partial charge on any atom is 0.419 e. The third kappa shape index (κ3) is 4.85. The maximum atomic E-state index is 12.8. The highest BCUT2D eigenvalue weighted by Crippen LogP contribution is 2.35. The van der Waals surface area contributed by atoms with Crippen LogP contribution in [0.1, 0.15) is 25.3 Å². The van der Waals surface area contributed by atoms with Crippen LogP contribution in [-0.4, -0.2) is 34.8 Å². The molecule has 170 valence electrons. The van der Waals surface area contributed by atoms with E-state index in [-0.39, 0.29) is 24.6 Å². The number of benzene rings is 1. The maximum absolute atomic E-state index is 12.8. The molecular formula is C21H20ClF3N4O3. The van der Waals surface area contributed by atoms with Gasteiger partial charge in [-0.25, -0.2) is 4.98 Å². The van der Waals surface area contributed by atoms with Crippen LogP contribution in [0.2, 0.25) is 5.15 Å². The summed E-state index contributed by atoms with van der Waals surface area (Å²) in [6.07, 6.45) is -4.50. The van der Waals surface area contributed by atoms with Crippen molar-refractivity contribution in [1.82, 2.24) is 9.99 Å². The van der Waals surface area contributed by atoms with Crippen LogP contribution in [0.25, 0.3) is 0 Å². The fourth-order valence-electron chi connectivity index (χ4n) is 3.41. The minimum Gasteiger partial charge on any atom is -0.316 e. The predicted octanol–water partition coefficient (Wildman–Crippen LogP) is 4.15. The monoisotopic (exact) mass is 468 g/mol. The largest absolute Gasteiger partial charge is 0.419 e. The van der Waals surface area contributed by atoms with Crippen LogP contribution in [0.15, 0.2) is 42.5 Å². The molecule has 1 saturated heterocycles. The second-order valence-corrected chi connectivity index (χ2v) is 7.74. The quantitative estimate of drug-likeness (QED) is 0.509.